The number of halogens is 1. The van der Waals surface area contributed by atoms with Crippen LogP contribution in [0, 0.1) is 17.1 Å². The molecule has 0 aliphatic heterocycles. The van der Waals surface area contributed by atoms with Gasteiger partial charge in [-0.25, -0.2) is 8.91 Å². The first-order valence-corrected chi connectivity index (χ1v) is 9.34. The van der Waals surface area contributed by atoms with E-state index in [-0.39, 0.29) is 12.0 Å². The Hall–Kier alpha value is -3.79. The molecule has 29 heavy (non-hydrogen) atoms. The zero-order valence-corrected chi connectivity index (χ0v) is 15.8. The van der Waals surface area contributed by atoms with Gasteiger partial charge in [0.2, 0.25) is 5.78 Å². The third-order valence-electron chi connectivity index (χ3n) is 4.92. The highest BCUT2D eigenvalue weighted by molar-refractivity contribution is 5.70. The molecule has 2 aromatic heterocycles. The lowest BCUT2D eigenvalue weighted by Gasteiger charge is -2.11. The minimum absolute atomic E-state index is 0.145. The Morgan fingerprint density at radius 2 is 2.07 bits per heavy atom. The van der Waals surface area contributed by atoms with Gasteiger partial charge in [0.05, 0.1) is 17.3 Å². The molecule has 2 aromatic carbocycles. The van der Waals surface area contributed by atoms with E-state index in [0.717, 1.165) is 12.1 Å². The average molecular weight is 387 g/mol. The zero-order chi connectivity index (χ0) is 20.4. The number of nitrogens with one attached hydrogen (secondary N) is 1. The molecule has 0 fully saturated rings. The SMILES string of the molecule is CCCc1c(Cc2ccc(-c3ccccc3C#N)cc2F)c(=O)[nH]c2ncnn12. The van der Waals surface area contributed by atoms with Gasteiger partial charge in [0.25, 0.3) is 5.56 Å². The summed E-state index contributed by atoms with van der Waals surface area (Å²) in [6, 6.07) is 14.0. The molecule has 0 bridgehead atoms. The molecule has 4 aromatic rings. The van der Waals surface area contributed by atoms with Crippen molar-refractivity contribution in [1.29, 1.82) is 5.26 Å². The van der Waals surface area contributed by atoms with E-state index in [9.17, 15) is 14.4 Å². The van der Waals surface area contributed by atoms with Crippen LogP contribution in [-0.4, -0.2) is 19.6 Å². The largest absolute Gasteiger partial charge is 0.291 e. The Bertz CT molecular complexity index is 1300. The lowest BCUT2D eigenvalue weighted by atomic mass is 9.96. The monoisotopic (exact) mass is 387 g/mol. The van der Waals surface area contributed by atoms with Crippen molar-refractivity contribution >= 4 is 5.78 Å². The van der Waals surface area contributed by atoms with Gasteiger partial charge in [-0.1, -0.05) is 43.7 Å². The summed E-state index contributed by atoms with van der Waals surface area (Å²) in [5.74, 6) is -0.0399. The van der Waals surface area contributed by atoms with Gasteiger partial charge in [-0.05, 0) is 35.2 Å². The Morgan fingerprint density at radius 3 is 2.83 bits per heavy atom. The number of H-pyrrole nitrogens is 1. The topological polar surface area (TPSA) is 86.8 Å². The molecule has 1 N–H and O–H groups in total. The number of aromatic nitrogens is 4. The highest BCUT2D eigenvalue weighted by Gasteiger charge is 2.16. The standard InChI is InChI=1S/C22H18FN5O/c1-2-5-20-18(21(29)27-22-25-13-26-28(20)22)10-15-9-8-14(11-19(15)23)17-7-4-3-6-16(17)12-24/h3-4,6-9,11,13H,2,5,10H2,1H3,(H,25,26,27,29). The number of hydrogen-bond acceptors (Lipinski definition) is 4. The fourth-order valence-electron chi connectivity index (χ4n) is 3.52. The van der Waals surface area contributed by atoms with Crippen molar-refractivity contribution in [3.05, 3.63) is 87.3 Å². The minimum Gasteiger partial charge on any atom is -0.291 e. The van der Waals surface area contributed by atoms with Crippen molar-refractivity contribution in [2.75, 3.05) is 0 Å². The molecule has 4 rings (SSSR count). The molecule has 0 aliphatic carbocycles. The van der Waals surface area contributed by atoms with Gasteiger partial charge < -0.3 is 0 Å². The quantitative estimate of drug-likeness (QED) is 0.566. The van der Waals surface area contributed by atoms with Crippen LogP contribution >= 0.6 is 0 Å². The molecule has 6 nitrogen and oxygen atoms in total. The second-order valence-corrected chi connectivity index (χ2v) is 6.77. The van der Waals surface area contributed by atoms with Crippen LogP contribution in [-0.2, 0) is 12.8 Å². The predicted molar refractivity (Wildman–Crippen MR) is 107 cm³/mol. The summed E-state index contributed by atoms with van der Waals surface area (Å²) in [5, 5.41) is 13.5. The van der Waals surface area contributed by atoms with Gasteiger partial charge in [-0.3, -0.25) is 9.78 Å². The average Bonchev–Trinajstić information content (AvgIpc) is 3.19. The van der Waals surface area contributed by atoms with Gasteiger partial charge >= 0.3 is 0 Å². The number of nitrogens with zero attached hydrogens (tertiary/aromatic N) is 4. The number of rotatable bonds is 5. The second kappa shape index (κ2) is 7.68. The van der Waals surface area contributed by atoms with E-state index < -0.39 is 5.82 Å². The Balaban J connectivity index is 1.76. The number of aromatic amines is 1. The van der Waals surface area contributed by atoms with Crippen LogP contribution in [0.15, 0.2) is 53.6 Å². The Kier molecular flexibility index (Phi) is 4.92. The molecule has 7 heteroatoms. The van der Waals surface area contributed by atoms with Crippen LogP contribution in [0.3, 0.4) is 0 Å². The molecule has 0 aliphatic rings. The normalized spacial score (nSPS) is 10.9. The van der Waals surface area contributed by atoms with Crippen molar-refractivity contribution < 1.29 is 4.39 Å². The molecule has 144 valence electrons. The van der Waals surface area contributed by atoms with Crippen LogP contribution in [0.25, 0.3) is 16.9 Å². The molecular formula is C22H18FN5O. The highest BCUT2D eigenvalue weighted by atomic mass is 19.1. The first kappa shape index (κ1) is 18.6. The van der Waals surface area contributed by atoms with Crippen molar-refractivity contribution in [1.82, 2.24) is 19.6 Å². The van der Waals surface area contributed by atoms with Crippen LogP contribution in [0.4, 0.5) is 4.39 Å². The van der Waals surface area contributed by atoms with E-state index in [0.29, 0.717) is 40.0 Å². The van der Waals surface area contributed by atoms with Gasteiger partial charge in [-0.15, -0.1) is 0 Å². The van der Waals surface area contributed by atoms with Crippen molar-refractivity contribution in [3.63, 3.8) is 0 Å². The Labute approximate surface area is 166 Å². The number of nitriles is 1. The van der Waals surface area contributed by atoms with E-state index >= 15 is 0 Å². The lowest BCUT2D eigenvalue weighted by Crippen LogP contribution is -2.21. The van der Waals surface area contributed by atoms with Crippen molar-refractivity contribution in [2.45, 2.75) is 26.2 Å². The van der Waals surface area contributed by atoms with Crippen molar-refractivity contribution in [3.8, 4) is 17.2 Å². The number of hydrogen-bond donors (Lipinski definition) is 1. The fourth-order valence-corrected chi connectivity index (χ4v) is 3.52. The van der Waals surface area contributed by atoms with Crippen LogP contribution in [0.1, 0.15) is 35.7 Å². The van der Waals surface area contributed by atoms with Crippen molar-refractivity contribution in [2.24, 2.45) is 0 Å². The van der Waals surface area contributed by atoms with E-state index in [4.69, 9.17) is 0 Å². The summed E-state index contributed by atoms with van der Waals surface area (Å²) in [6.45, 7) is 2.01. The molecule has 0 amide bonds. The number of benzene rings is 2. The second-order valence-electron chi connectivity index (χ2n) is 6.77. The molecule has 0 unspecified atom stereocenters. The third-order valence-corrected chi connectivity index (χ3v) is 4.92. The maximum absolute atomic E-state index is 14.9. The van der Waals surface area contributed by atoms with Gasteiger partial charge in [-0.2, -0.15) is 15.3 Å². The Morgan fingerprint density at radius 1 is 1.24 bits per heavy atom. The highest BCUT2D eigenvalue weighted by Crippen LogP contribution is 2.26. The van der Waals surface area contributed by atoms with Gasteiger partial charge in [0, 0.05) is 12.0 Å². The first-order valence-electron chi connectivity index (χ1n) is 9.34. The smallest absolute Gasteiger partial charge is 0.256 e. The van der Waals surface area contributed by atoms with E-state index in [2.05, 4.69) is 21.1 Å². The van der Waals surface area contributed by atoms with Crippen LogP contribution < -0.4 is 5.56 Å². The molecule has 0 radical (unpaired) electrons. The summed E-state index contributed by atoms with van der Waals surface area (Å²) in [6.07, 6.45) is 2.98. The predicted octanol–water partition coefficient (Wildman–Crippen LogP) is 3.64. The number of aryl methyl sites for hydroxylation is 1. The van der Waals surface area contributed by atoms with E-state index in [1.54, 1.807) is 34.8 Å². The van der Waals surface area contributed by atoms with E-state index in [1.807, 2.05) is 13.0 Å². The molecule has 0 atom stereocenters. The molecular weight excluding hydrogens is 369 g/mol. The van der Waals surface area contributed by atoms with Gasteiger partial charge in [0.1, 0.15) is 12.1 Å². The summed E-state index contributed by atoms with van der Waals surface area (Å²) in [7, 11) is 0. The summed E-state index contributed by atoms with van der Waals surface area (Å²) >= 11 is 0. The molecule has 2 heterocycles. The fraction of sp³-hybridized carbons (Fsp3) is 0.182. The van der Waals surface area contributed by atoms with Crippen LogP contribution in [0.2, 0.25) is 0 Å². The summed E-state index contributed by atoms with van der Waals surface area (Å²) in [4.78, 5) is 19.4. The zero-order valence-electron chi connectivity index (χ0n) is 15.8. The maximum Gasteiger partial charge on any atom is 0.256 e. The lowest BCUT2D eigenvalue weighted by molar-refractivity contribution is 0.613. The molecule has 0 spiro atoms. The summed E-state index contributed by atoms with van der Waals surface area (Å²) < 4.78 is 16.5. The molecule has 0 saturated heterocycles. The van der Waals surface area contributed by atoms with Crippen LogP contribution in [0.5, 0.6) is 0 Å². The maximum atomic E-state index is 14.9. The molecule has 0 saturated carbocycles. The van der Waals surface area contributed by atoms with Gasteiger partial charge in [0.15, 0.2) is 0 Å². The third kappa shape index (κ3) is 3.41. The number of fused-ring (bicyclic) bond motifs is 1. The van der Waals surface area contributed by atoms with E-state index in [1.165, 1.54) is 12.4 Å². The first-order chi connectivity index (χ1) is 14.1. The summed E-state index contributed by atoms with van der Waals surface area (Å²) in [5.41, 5.74) is 3.12. The minimum atomic E-state index is -0.421.